The lowest BCUT2D eigenvalue weighted by Crippen LogP contribution is -2.58. The molecule has 0 aliphatic carbocycles. The fourth-order valence-corrected chi connectivity index (χ4v) is 3.60. The van der Waals surface area contributed by atoms with Gasteiger partial charge in [-0.05, 0) is 32.9 Å². The number of ether oxygens (including phenoxy) is 1. The van der Waals surface area contributed by atoms with Gasteiger partial charge in [0.2, 0.25) is 0 Å². The number of hydrogen-bond donors (Lipinski definition) is 1. The normalized spacial score (nSPS) is 21.3. The molecule has 2 aliphatic rings. The van der Waals surface area contributed by atoms with Gasteiger partial charge in [0.25, 0.3) is 11.8 Å². The molecular formula is C17H18N4O4S. The number of hydrogen-bond acceptors (Lipinski definition) is 7. The van der Waals surface area contributed by atoms with E-state index in [4.69, 9.17) is 4.74 Å². The summed E-state index contributed by atoms with van der Waals surface area (Å²) >= 11 is 1.05. The first kappa shape index (κ1) is 18.0. The van der Waals surface area contributed by atoms with Gasteiger partial charge in [-0.25, -0.2) is 9.78 Å². The number of rotatable bonds is 4. The van der Waals surface area contributed by atoms with Crippen LogP contribution < -0.4 is 5.32 Å². The van der Waals surface area contributed by atoms with Crippen molar-refractivity contribution in [2.24, 2.45) is 4.99 Å². The smallest absolute Gasteiger partial charge is 0.350 e. The van der Waals surface area contributed by atoms with Crippen LogP contribution in [-0.4, -0.2) is 45.6 Å². The fourth-order valence-electron chi connectivity index (χ4n) is 2.75. The SMILES string of the molecule is CCOC(=O)c1sc(NC(=O)[C@@]2(C)CC(=O)N=C3C=CC=CN32)nc1C. The van der Waals surface area contributed by atoms with Crippen molar-refractivity contribution < 1.29 is 19.1 Å². The van der Waals surface area contributed by atoms with E-state index in [1.54, 1.807) is 50.1 Å². The van der Waals surface area contributed by atoms with E-state index >= 15 is 0 Å². The van der Waals surface area contributed by atoms with Crippen molar-refractivity contribution in [3.8, 4) is 0 Å². The third-order valence-electron chi connectivity index (χ3n) is 4.07. The molecule has 1 N–H and O–H groups in total. The number of nitrogens with zero attached hydrogens (tertiary/aromatic N) is 3. The van der Waals surface area contributed by atoms with E-state index < -0.39 is 17.4 Å². The first-order valence-corrected chi connectivity index (χ1v) is 8.88. The van der Waals surface area contributed by atoms with Gasteiger partial charge in [-0.1, -0.05) is 17.4 Å². The second-order valence-electron chi connectivity index (χ2n) is 5.99. The van der Waals surface area contributed by atoms with E-state index in [0.717, 1.165) is 11.3 Å². The lowest BCUT2D eigenvalue weighted by atomic mass is 9.91. The molecule has 0 radical (unpaired) electrons. The number of aliphatic imine (C=N–C) groups is 1. The van der Waals surface area contributed by atoms with Crippen molar-refractivity contribution in [1.82, 2.24) is 9.88 Å². The molecule has 1 aromatic heterocycles. The van der Waals surface area contributed by atoms with E-state index in [-0.39, 0.29) is 24.1 Å². The van der Waals surface area contributed by atoms with Crippen LogP contribution in [0.1, 0.15) is 35.6 Å². The van der Waals surface area contributed by atoms with Crippen LogP contribution >= 0.6 is 11.3 Å². The van der Waals surface area contributed by atoms with Crippen molar-refractivity contribution >= 4 is 40.1 Å². The summed E-state index contributed by atoms with van der Waals surface area (Å²) in [6.45, 7) is 5.32. The van der Waals surface area contributed by atoms with Gasteiger partial charge in [-0.3, -0.25) is 14.9 Å². The number of anilines is 1. The molecule has 136 valence electrons. The van der Waals surface area contributed by atoms with Crippen LogP contribution in [0, 0.1) is 6.92 Å². The highest BCUT2D eigenvalue weighted by Crippen LogP contribution is 2.31. The first-order chi connectivity index (χ1) is 12.3. The number of allylic oxidation sites excluding steroid dienone is 2. The zero-order valence-corrected chi connectivity index (χ0v) is 15.4. The van der Waals surface area contributed by atoms with Gasteiger partial charge in [0.15, 0.2) is 5.13 Å². The Morgan fingerprint density at radius 3 is 2.92 bits per heavy atom. The average Bonchev–Trinajstić information content (AvgIpc) is 2.95. The molecule has 0 spiro atoms. The molecular weight excluding hydrogens is 356 g/mol. The molecule has 0 bridgehead atoms. The summed E-state index contributed by atoms with van der Waals surface area (Å²) in [6.07, 6.45) is 6.85. The molecule has 8 nitrogen and oxygen atoms in total. The second-order valence-corrected chi connectivity index (χ2v) is 6.99. The Kier molecular flexibility index (Phi) is 4.73. The summed E-state index contributed by atoms with van der Waals surface area (Å²) in [7, 11) is 0. The van der Waals surface area contributed by atoms with Crippen LogP contribution in [0.15, 0.2) is 29.4 Å². The molecule has 3 rings (SSSR count). The van der Waals surface area contributed by atoms with Crippen LogP contribution in [0.3, 0.4) is 0 Å². The van der Waals surface area contributed by atoms with Gasteiger partial charge in [-0.15, -0.1) is 0 Å². The summed E-state index contributed by atoms with van der Waals surface area (Å²) in [5.74, 6) is -0.816. The van der Waals surface area contributed by atoms with Crippen molar-refractivity contribution in [3.05, 3.63) is 35.0 Å². The van der Waals surface area contributed by atoms with E-state index in [2.05, 4.69) is 15.3 Å². The Balaban J connectivity index is 1.84. The predicted octanol–water partition coefficient (Wildman–Crippen LogP) is 2.04. The van der Waals surface area contributed by atoms with E-state index in [1.165, 1.54) is 0 Å². The predicted molar refractivity (Wildman–Crippen MR) is 97.0 cm³/mol. The van der Waals surface area contributed by atoms with Gasteiger partial charge in [0, 0.05) is 6.20 Å². The van der Waals surface area contributed by atoms with Crippen LogP contribution in [0.25, 0.3) is 0 Å². The number of aromatic nitrogens is 1. The van der Waals surface area contributed by atoms with Crippen molar-refractivity contribution in [2.45, 2.75) is 32.7 Å². The van der Waals surface area contributed by atoms with Crippen LogP contribution in [0.2, 0.25) is 0 Å². The van der Waals surface area contributed by atoms with Gasteiger partial charge in [0.05, 0.1) is 18.7 Å². The van der Waals surface area contributed by atoms with Crippen LogP contribution in [0.4, 0.5) is 5.13 Å². The van der Waals surface area contributed by atoms with Gasteiger partial charge >= 0.3 is 5.97 Å². The maximum atomic E-state index is 12.9. The Bertz CT molecular complexity index is 870. The summed E-state index contributed by atoms with van der Waals surface area (Å²) in [5, 5.41) is 3.00. The highest BCUT2D eigenvalue weighted by molar-refractivity contribution is 7.17. The Hall–Kier alpha value is -2.81. The zero-order valence-electron chi connectivity index (χ0n) is 14.6. The molecule has 9 heteroatoms. The molecule has 2 aliphatic heterocycles. The molecule has 0 unspecified atom stereocenters. The number of aryl methyl sites for hydroxylation is 1. The molecule has 0 saturated carbocycles. The van der Waals surface area contributed by atoms with Gasteiger partial charge in [-0.2, -0.15) is 4.99 Å². The lowest BCUT2D eigenvalue weighted by Gasteiger charge is -2.41. The number of amides is 2. The highest BCUT2D eigenvalue weighted by Gasteiger charge is 2.45. The quantitative estimate of drug-likeness (QED) is 0.810. The molecule has 0 saturated heterocycles. The maximum absolute atomic E-state index is 12.9. The largest absolute Gasteiger partial charge is 0.462 e. The molecule has 0 aromatic carbocycles. The lowest BCUT2D eigenvalue weighted by molar-refractivity contribution is -0.130. The summed E-state index contributed by atoms with van der Waals surface area (Å²) in [4.78, 5) is 47.0. The second kappa shape index (κ2) is 6.83. The fraction of sp³-hybridized carbons (Fsp3) is 0.353. The zero-order chi connectivity index (χ0) is 18.9. The molecule has 1 atom stereocenters. The minimum atomic E-state index is -1.14. The monoisotopic (exact) mass is 374 g/mol. The number of carbonyl (C=O) groups is 3. The minimum Gasteiger partial charge on any atom is -0.462 e. The van der Waals surface area contributed by atoms with Crippen molar-refractivity contribution in [3.63, 3.8) is 0 Å². The topological polar surface area (TPSA) is 101 Å². The maximum Gasteiger partial charge on any atom is 0.350 e. The Labute approximate surface area is 154 Å². The summed E-state index contributed by atoms with van der Waals surface area (Å²) in [6, 6.07) is 0. The van der Waals surface area contributed by atoms with Crippen LogP contribution in [0.5, 0.6) is 0 Å². The Morgan fingerprint density at radius 2 is 2.19 bits per heavy atom. The van der Waals surface area contributed by atoms with E-state index in [0.29, 0.717) is 16.4 Å². The number of amidine groups is 1. The van der Waals surface area contributed by atoms with E-state index in [1.807, 2.05) is 0 Å². The van der Waals surface area contributed by atoms with E-state index in [9.17, 15) is 14.4 Å². The number of thiazole rings is 1. The average molecular weight is 374 g/mol. The standard InChI is InChI=1S/C17H18N4O4S/c1-4-25-14(23)13-10(2)18-16(26-13)20-15(24)17(3)9-12(22)19-11-7-5-6-8-21(11)17/h5-8H,4,9H2,1-3H3,(H,18,20,24)/t17-/m1/s1. The number of esters is 1. The van der Waals surface area contributed by atoms with Gasteiger partial charge in [0.1, 0.15) is 16.3 Å². The van der Waals surface area contributed by atoms with Crippen LogP contribution in [-0.2, 0) is 14.3 Å². The van der Waals surface area contributed by atoms with Crippen molar-refractivity contribution in [2.75, 3.05) is 11.9 Å². The molecule has 1 aromatic rings. The summed E-state index contributed by atoms with van der Waals surface area (Å²) in [5.41, 5.74) is -0.657. The number of fused-ring (bicyclic) bond motifs is 1. The Morgan fingerprint density at radius 1 is 1.42 bits per heavy atom. The molecule has 26 heavy (non-hydrogen) atoms. The third-order valence-corrected chi connectivity index (χ3v) is 5.12. The molecule has 2 amide bonds. The number of carbonyl (C=O) groups excluding carboxylic acids is 3. The number of nitrogens with one attached hydrogen (secondary N) is 1. The first-order valence-electron chi connectivity index (χ1n) is 8.07. The summed E-state index contributed by atoms with van der Waals surface area (Å²) < 4.78 is 4.98. The molecule has 3 heterocycles. The highest BCUT2D eigenvalue weighted by atomic mass is 32.1. The van der Waals surface area contributed by atoms with Crippen molar-refractivity contribution in [1.29, 1.82) is 0 Å². The molecule has 0 fully saturated rings. The third kappa shape index (κ3) is 3.17. The van der Waals surface area contributed by atoms with Gasteiger partial charge < -0.3 is 9.64 Å². The minimum absolute atomic E-state index is 0.0599.